The van der Waals surface area contributed by atoms with Crippen LogP contribution in [0.5, 0.6) is 11.5 Å². The van der Waals surface area contributed by atoms with Gasteiger partial charge in [-0.2, -0.15) is 5.26 Å². The van der Waals surface area contributed by atoms with Gasteiger partial charge in [0.1, 0.15) is 29.3 Å². The maximum atomic E-state index is 12.1. The van der Waals surface area contributed by atoms with E-state index in [1.807, 2.05) is 93.0 Å². The minimum absolute atomic E-state index is 0.0885. The summed E-state index contributed by atoms with van der Waals surface area (Å²) in [6, 6.07) is 28.1. The topological polar surface area (TPSA) is 144 Å². The van der Waals surface area contributed by atoms with Crippen LogP contribution in [0.15, 0.2) is 94.8 Å². The lowest BCUT2D eigenvalue weighted by Gasteiger charge is -2.39. The van der Waals surface area contributed by atoms with E-state index < -0.39 is 38.1 Å². The number of rotatable bonds is 18. The van der Waals surface area contributed by atoms with Gasteiger partial charge in [0.25, 0.3) is 8.53 Å². The molecule has 1 N–H and O–H groups in total. The van der Waals surface area contributed by atoms with Crippen LogP contribution in [0.1, 0.15) is 62.8 Å². The highest BCUT2D eigenvalue weighted by molar-refractivity contribution is 7.44. The summed E-state index contributed by atoms with van der Waals surface area (Å²) in [5.41, 5.74) is 1.46. The molecule has 1 aliphatic rings. The molecule has 0 bridgehead atoms. The van der Waals surface area contributed by atoms with Gasteiger partial charge < -0.3 is 32.9 Å². The normalized spacial score (nSPS) is 17.3. The maximum Gasteiger partial charge on any atom is 0.346 e. The molecule has 1 saturated heterocycles. The largest absolute Gasteiger partial charge is 0.497 e. The Bertz CT molecular complexity index is 2040. The third-order valence-electron chi connectivity index (χ3n) is 9.30. The average molecular weight is 809 g/mol. The number of ether oxygens (including phenoxy) is 4. The van der Waals surface area contributed by atoms with Crippen LogP contribution in [0.3, 0.4) is 0 Å². The van der Waals surface area contributed by atoms with Gasteiger partial charge in [-0.1, -0.05) is 66.4 Å². The number of nitrogens with one attached hydrogen (secondary N) is 1. The highest BCUT2D eigenvalue weighted by Crippen LogP contribution is 2.50. The van der Waals surface area contributed by atoms with Crippen LogP contribution in [0.2, 0.25) is 0 Å². The molecule has 58 heavy (non-hydrogen) atoms. The van der Waals surface area contributed by atoms with Crippen molar-refractivity contribution in [1.29, 1.82) is 5.26 Å². The minimum atomic E-state index is -1.63. The van der Waals surface area contributed by atoms with Crippen molar-refractivity contribution in [2.75, 3.05) is 41.5 Å². The van der Waals surface area contributed by atoms with Crippen LogP contribution in [-0.2, 0) is 24.1 Å². The lowest BCUT2D eigenvalue weighted by Crippen LogP contribution is -2.39. The summed E-state index contributed by atoms with van der Waals surface area (Å²) >= 11 is 0. The molecule has 1 unspecified atom stereocenters. The van der Waals surface area contributed by atoms with Crippen molar-refractivity contribution < 1.29 is 28.0 Å². The fourth-order valence-electron chi connectivity index (χ4n) is 6.67. The summed E-state index contributed by atoms with van der Waals surface area (Å²) in [6.45, 7) is 8.70. The Kier molecular flexibility index (Phi) is 16.0. The van der Waals surface area contributed by atoms with E-state index in [9.17, 15) is 10.1 Å². The monoisotopic (exact) mass is 808 g/mol. The van der Waals surface area contributed by atoms with E-state index in [1.165, 1.54) is 6.20 Å². The molecule has 0 amide bonds. The molecule has 1 fully saturated rings. The summed E-state index contributed by atoms with van der Waals surface area (Å²) in [6.07, 6.45) is 1.88. The highest BCUT2D eigenvalue weighted by Gasteiger charge is 2.44. The zero-order valence-corrected chi connectivity index (χ0v) is 35.3. The molecular formula is C44H53N6O7P. The number of methoxy groups -OCH3 is 2. The van der Waals surface area contributed by atoms with Crippen molar-refractivity contribution >= 4 is 20.7 Å². The number of aromatic nitrogens is 2. The fourth-order valence-corrected chi connectivity index (χ4v) is 8.43. The van der Waals surface area contributed by atoms with Crippen LogP contribution in [-0.4, -0.2) is 97.8 Å². The SMILES string of the molecule is COc1ccc(C(OC[C@H]2O[C@@H](C#Cc3cnc(=O)[nH]c3/N=C/N(C)C)C[C@@H]2OP(OCCC#N)N(C(C)C)C(C)C)(c2ccccc2)c2ccc(OC)cc2)cc1. The first-order chi connectivity index (χ1) is 28.0. The summed E-state index contributed by atoms with van der Waals surface area (Å²) in [5, 5.41) is 9.35. The van der Waals surface area contributed by atoms with E-state index in [4.69, 9.17) is 28.0 Å². The van der Waals surface area contributed by atoms with Crippen LogP contribution in [0, 0.1) is 23.2 Å². The van der Waals surface area contributed by atoms with E-state index in [-0.39, 0.29) is 37.5 Å². The van der Waals surface area contributed by atoms with Crippen molar-refractivity contribution in [1.82, 2.24) is 19.5 Å². The summed E-state index contributed by atoms with van der Waals surface area (Å²) in [7, 11) is 5.31. The van der Waals surface area contributed by atoms with Crippen LogP contribution in [0.4, 0.5) is 5.82 Å². The number of benzene rings is 3. The van der Waals surface area contributed by atoms with Crippen LogP contribution < -0.4 is 15.2 Å². The molecule has 0 spiro atoms. The Morgan fingerprint density at radius 3 is 2.12 bits per heavy atom. The smallest absolute Gasteiger partial charge is 0.346 e. The second-order valence-electron chi connectivity index (χ2n) is 14.3. The first kappa shape index (κ1) is 44.0. The fraction of sp³-hybridized carbons (Fsp3) is 0.409. The van der Waals surface area contributed by atoms with Crippen molar-refractivity contribution in [2.45, 2.75) is 76.5 Å². The Labute approximate surface area is 342 Å². The van der Waals surface area contributed by atoms with Gasteiger partial charge in [0.15, 0.2) is 5.82 Å². The number of nitriles is 1. The second kappa shape index (κ2) is 21.1. The van der Waals surface area contributed by atoms with Crippen LogP contribution in [0.25, 0.3) is 0 Å². The maximum absolute atomic E-state index is 12.1. The zero-order chi connectivity index (χ0) is 41.7. The highest BCUT2D eigenvalue weighted by atomic mass is 31.2. The number of hydrogen-bond donors (Lipinski definition) is 1. The standard InChI is InChI=1S/C44H53N6O7P/c1-31(2)50(32(3)4)58(55-26-12-25-45)57-40-27-39(20-15-33-28-46-43(51)48-42(33)47-30-49(5)6)56-41(40)29-54-44(34-13-10-9-11-14-34,35-16-21-37(52-7)22-17-35)36-18-23-38(53-8)24-19-36/h9-11,13-14,16-19,21-24,28,30-32,39-41H,12,26-27,29H2,1-8H3,(H,46,48,51)/b47-30+/t39-,40-,41+,58?/m0/s1. The Balaban J connectivity index is 1.58. The summed E-state index contributed by atoms with van der Waals surface area (Å²) < 4.78 is 40.6. The molecule has 14 heteroatoms. The average Bonchev–Trinajstić information content (AvgIpc) is 3.61. The molecule has 13 nitrogen and oxygen atoms in total. The Morgan fingerprint density at radius 1 is 0.966 bits per heavy atom. The quantitative estimate of drug-likeness (QED) is 0.0273. The zero-order valence-electron chi connectivity index (χ0n) is 34.4. The van der Waals surface area contributed by atoms with Crippen molar-refractivity contribution in [3.05, 3.63) is 118 Å². The molecule has 0 aliphatic carbocycles. The molecule has 5 rings (SSSR count). The summed E-state index contributed by atoms with van der Waals surface area (Å²) in [5.74, 6) is 8.11. The number of aliphatic imine (C=N–C) groups is 1. The molecular weight excluding hydrogens is 755 g/mol. The third kappa shape index (κ3) is 11.1. The minimum Gasteiger partial charge on any atom is -0.497 e. The van der Waals surface area contributed by atoms with Gasteiger partial charge >= 0.3 is 5.69 Å². The van der Waals surface area contributed by atoms with Gasteiger partial charge in [0, 0.05) is 32.6 Å². The number of aromatic amines is 1. The van der Waals surface area contributed by atoms with Crippen molar-refractivity contribution in [3.8, 4) is 29.4 Å². The molecule has 4 atom stereocenters. The Morgan fingerprint density at radius 2 is 1.57 bits per heavy atom. The van der Waals surface area contributed by atoms with E-state index in [2.05, 4.69) is 65.2 Å². The van der Waals surface area contributed by atoms with Crippen molar-refractivity contribution in [3.63, 3.8) is 0 Å². The summed E-state index contributed by atoms with van der Waals surface area (Å²) in [4.78, 5) is 24.8. The van der Waals surface area contributed by atoms with E-state index in [0.717, 1.165) is 16.7 Å². The molecule has 0 saturated carbocycles. The lowest BCUT2D eigenvalue weighted by atomic mass is 9.80. The second-order valence-corrected chi connectivity index (χ2v) is 15.7. The van der Waals surface area contributed by atoms with Gasteiger partial charge in [-0.25, -0.2) is 19.4 Å². The van der Waals surface area contributed by atoms with E-state index in [1.54, 1.807) is 25.5 Å². The third-order valence-corrected chi connectivity index (χ3v) is 11.5. The Hall–Kier alpha value is -5.11. The molecule has 1 aromatic heterocycles. The van der Waals surface area contributed by atoms with Crippen molar-refractivity contribution in [2.24, 2.45) is 4.99 Å². The number of hydrogen-bond acceptors (Lipinski definition) is 11. The molecule has 306 valence electrons. The first-order valence-corrected chi connectivity index (χ1v) is 20.3. The number of H-pyrrole nitrogens is 1. The molecule has 0 radical (unpaired) electrons. The van der Waals surface area contributed by atoms with E-state index in [0.29, 0.717) is 23.5 Å². The van der Waals surface area contributed by atoms with Gasteiger partial charge in [0.05, 0.1) is 64.1 Å². The number of nitrogens with zero attached hydrogens (tertiary/aromatic N) is 5. The molecule has 4 aromatic rings. The first-order valence-electron chi connectivity index (χ1n) is 19.2. The van der Waals surface area contributed by atoms with Crippen LogP contribution >= 0.6 is 8.53 Å². The van der Waals surface area contributed by atoms with Gasteiger partial charge in [0.2, 0.25) is 0 Å². The van der Waals surface area contributed by atoms with E-state index >= 15 is 0 Å². The lowest BCUT2D eigenvalue weighted by molar-refractivity contribution is -0.0736. The molecule has 3 aromatic carbocycles. The molecule has 1 aliphatic heterocycles. The predicted octanol–water partition coefficient (Wildman–Crippen LogP) is 7.19. The molecule has 2 heterocycles. The van der Waals surface area contributed by atoms with Gasteiger partial charge in [-0.15, -0.1) is 0 Å². The van der Waals surface area contributed by atoms with Gasteiger partial charge in [-0.3, -0.25) is 4.98 Å². The predicted molar refractivity (Wildman–Crippen MR) is 225 cm³/mol. The van der Waals surface area contributed by atoms with Gasteiger partial charge in [-0.05, 0) is 68.7 Å².